The molecule has 6 heteroatoms. The first-order valence-electron chi connectivity index (χ1n) is 9.92. The molecule has 0 spiro atoms. The lowest BCUT2D eigenvalue weighted by Crippen LogP contribution is -2.40. The molecule has 5 nitrogen and oxygen atoms in total. The van der Waals surface area contributed by atoms with E-state index in [1.54, 1.807) is 11.3 Å². The highest BCUT2D eigenvalue weighted by molar-refractivity contribution is 7.11. The smallest absolute Gasteiger partial charge is 0.191 e. The molecule has 27 heavy (non-hydrogen) atoms. The summed E-state index contributed by atoms with van der Waals surface area (Å²) in [6.07, 6.45) is 4.31. The van der Waals surface area contributed by atoms with Crippen molar-refractivity contribution in [2.24, 2.45) is 10.9 Å². The number of guanidine groups is 1. The Hall–Kier alpha value is -1.92. The Kier molecular flexibility index (Phi) is 7.66. The molecule has 1 aliphatic heterocycles. The Balaban J connectivity index is 1.41. The van der Waals surface area contributed by atoms with Crippen LogP contribution in [0.3, 0.4) is 0 Å². The molecular weight excluding hydrogens is 354 g/mol. The first-order valence-corrected chi connectivity index (χ1v) is 10.7. The molecule has 1 fully saturated rings. The normalized spacial score (nSPS) is 18.0. The van der Waals surface area contributed by atoms with Crippen LogP contribution in [0, 0.1) is 12.8 Å². The highest BCUT2D eigenvalue weighted by Gasteiger charge is 2.22. The number of nitrogens with zero attached hydrogens (tertiary/aromatic N) is 3. The zero-order valence-corrected chi connectivity index (χ0v) is 17.3. The first-order chi connectivity index (χ1) is 13.2. The Bertz CT molecular complexity index is 712. The van der Waals surface area contributed by atoms with E-state index < -0.39 is 0 Å². The molecule has 3 rings (SSSR count). The number of thiazole rings is 1. The van der Waals surface area contributed by atoms with Gasteiger partial charge < -0.3 is 15.5 Å². The van der Waals surface area contributed by atoms with Gasteiger partial charge in [0, 0.05) is 37.3 Å². The molecule has 1 aromatic heterocycles. The standard InChI is InChI=1S/C21H31N5S/c1-3-22-21(25-15-20-23-13-17(2)27-20)24-14-19-10-12-26(16-19)11-9-18-7-5-4-6-8-18/h4-8,13,19H,3,9-12,14-16H2,1-2H3,(H2,22,24,25). The average molecular weight is 386 g/mol. The van der Waals surface area contributed by atoms with Crippen molar-refractivity contribution in [2.75, 3.05) is 32.7 Å². The summed E-state index contributed by atoms with van der Waals surface area (Å²) in [5, 5.41) is 7.93. The van der Waals surface area contributed by atoms with Gasteiger partial charge in [-0.05, 0) is 44.7 Å². The zero-order chi connectivity index (χ0) is 18.9. The third kappa shape index (κ3) is 6.63. The van der Waals surface area contributed by atoms with Gasteiger partial charge >= 0.3 is 0 Å². The molecule has 1 aromatic carbocycles. The van der Waals surface area contributed by atoms with Gasteiger partial charge in [-0.15, -0.1) is 11.3 Å². The van der Waals surface area contributed by atoms with Gasteiger partial charge in [0.05, 0.1) is 6.54 Å². The average Bonchev–Trinajstić information content (AvgIpc) is 3.32. The lowest BCUT2D eigenvalue weighted by atomic mass is 10.1. The third-order valence-electron chi connectivity index (χ3n) is 4.87. The van der Waals surface area contributed by atoms with Gasteiger partial charge in [0.2, 0.25) is 0 Å². The summed E-state index contributed by atoms with van der Waals surface area (Å²) in [4.78, 5) is 12.9. The molecule has 1 unspecified atom stereocenters. The molecule has 2 heterocycles. The Morgan fingerprint density at radius 2 is 2.15 bits per heavy atom. The molecule has 1 atom stereocenters. The third-order valence-corrected chi connectivity index (χ3v) is 5.77. The van der Waals surface area contributed by atoms with Crippen LogP contribution in [0.25, 0.3) is 0 Å². The molecule has 0 radical (unpaired) electrons. The summed E-state index contributed by atoms with van der Waals surface area (Å²) in [5.41, 5.74) is 1.43. The van der Waals surface area contributed by atoms with Gasteiger partial charge in [0.15, 0.2) is 5.96 Å². The second-order valence-corrected chi connectivity index (χ2v) is 8.45. The molecule has 1 saturated heterocycles. The van der Waals surface area contributed by atoms with Crippen molar-refractivity contribution in [1.82, 2.24) is 20.5 Å². The van der Waals surface area contributed by atoms with Crippen molar-refractivity contribution in [2.45, 2.75) is 33.2 Å². The fourth-order valence-corrected chi connectivity index (χ4v) is 4.13. The van der Waals surface area contributed by atoms with Crippen LogP contribution >= 0.6 is 11.3 Å². The van der Waals surface area contributed by atoms with E-state index in [9.17, 15) is 0 Å². The van der Waals surface area contributed by atoms with Gasteiger partial charge in [-0.3, -0.25) is 0 Å². The molecule has 2 aromatic rings. The number of aryl methyl sites for hydroxylation is 1. The van der Waals surface area contributed by atoms with Gasteiger partial charge in [0.25, 0.3) is 0 Å². The van der Waals surface area contributed by atoms with Crippen LogP contribution in [0.5, 0.6) is 0 Å². The van der Waals surface area contributed by atoms with Gasteiger partial charge in [0.1, 0.15) is 5.01 Å². The van der Waals surface area contributed by atoms with Crippen LogP contribution in [-0.4, -0.2) is 48.6 Å². The molecule has 146 valence electrons. The van der Waals surface area contributed by atoms with Crippen LogP contribution in [0.2, 0.25) is 0 Å². The van der Waals surface area contributed by atoms with Crippen molar-refractivity contribution >= 4 is 17.3 Å². The van der Waals surface area contributed by atoms with E-state index in [0.717, 1.165) is 37.0 Å². The SMILES string of the molecule is CCNC(=NCc1ncc(C)s1)NCC1CCN(CCc2ccccc2)C1. The summed E-state index contributed by atoms with van der Waals surface area (Å²) in [6, 6.07) is 10.8. The number of likely N-dealkylation sites (tertiary alicyclic amines) is 1. The highest BCUT2D eigenvalue weighted by atomic mass is 32.1. The molecular formula is C21H31N5S. The van der Waals surface area contributed by atoms with Crippen molar-refractivity contribution in [3.8, 4) is 0 Å². The van der Waals surface area contributed by atoms with E-state index in [1.165, 1.54) is 30.0 Å². The summed E-state index contributed by atoms with van der Waals surface area (Å²) in [7, 11) is 0. The Morgan fingerprint density at radius 3 is 2.89 bits per heavy atom. The second kappa shape index (κ2) is 10.4. The largest absolute Gasteiger partial charge is 0.357 e. The van der Waals surface area contributed by atoms with Crippen LogP contribution in [0.15, 0.2) is 41.5 Å². The van der Waals surface area contributed by atoms with Crippen molar-refractivity contribution < 1.29 is 0 Å². The minimum atomic E-state index is 0.641. The van der Waals surface area contributed by atoms with E-state index in [1.807, 2.05) is 6.20 Å². The van der Waals surface area contributed by atoms with E-state index >= 15 is 0 Å². The van der Waals surface area contributed by atoms with Crippen molar-refractivity contribution in [3.63, 3.8) is 0 Å². The van der Waals surface area contributed by atoms with Gasteiger partial charge in [-0.1, -0.05) is 30.3 Å². The summed E-state index contributed by atoms with van der Waals surface area (Å²) in [5.74, 6) is 1.58. The van der Waals surface area contributed by atoms with Crippen LogP contribution in [0.4, 0.5) is 0 Å². The van der Waals surface area contributed by atoms with E-state index in [-0.39, 0.29) is 0 Å². The first kappa shape index (κ1) is 19.8. The topological polar surface area (TPSA) is 52.6 Å². The van der Waals surface area contributed by atoms with Crippen LogP contribution in [-0.2, 0) is 13.0 Å². The minimum Gasteiger partial charge on any atom is -0.357 e. The molecule has 0 bridgehead atoms. The predicted octanol–water partition coefficient (Wildman–Crippen LogP) is 3.07. The zero-order valence-electron chi connectivity index (χ0n) is 16.4. The fourth-order valence-electron chi connectivity index (χ4n) is 3.42. The predicted molar refractivity (Wildman–Crippen MR) is 114 cm³/mol. The molecule has 0 saturated carbocycles. The van der Waals surface area contributed by atoms with Crippen LogP contribution < -0.4 is 10.6 Å². The number of aliphatic imine (C=N–C) groups is 1. The number of rotatable bonds is 8. The van der Waals surface area contributed by atoms with Gasteiger partial charge in [-0.25, -0.2) is 9.98 Å². The van der Waals surface area contributed by atoms with E-state index in [4.69, 9.17) is 0 Å². The number of nitrogens with one attached hydrogen (secondary N) is 2. The summed E-state index contributed by atoms with van der Waals surface area (Å²) < 4.78 is 0. The lowest BCUT2D eigenvalue weighted by Gasteiger charge is -2.17. The highest BCUT2D eigenvalue weighted by Crippen LogP contribution is 2.16. The molecule has 1 aliphatic rings. The van der Waals surface area contributed by atoms with E-state index in [2.05, 4.69) is 69.7 Å². The maximum Gasteiger partial charge on any atom is 0.191 e. The Morgan fingerprint density at radius 1 is 1.30 bits per heavy atom. The molecule has 0 amide bonds. The van der Waals surface area contributed by atoms with E-state index in [0.29, 0.717) is 12.5 Å². The number of benzene rings is 1. The van der Waals surface area contributed by atoms with Gasteiger partial charge in [-0.2, -0.15) is 0 Å². The quantitative estimate of drug-likeness (QED) is 0.542. The number of aromatic nitrogens is 1. The lowest BCUT2D eigenvalue weighted by molar-refractivity contribution is 0.328. The number of hydrogen-bond acceptors (Lipinski definition) is 4. The second-order valence-electron chi connectivity index (χ2n) is 7.13. The molecule has 2 N–H and O–H groups in total. The van der Waals surface area contributed by atoms with Crippen molar-refractivity contribution in [1.29, 1.82) is 0 Å². The Labute approximate surface area is 166 Å². The monoisotopic (exact) mass is 385 g/mol. The maximum atomic E-state index is 4.68. The van der Waals surface area contributed by atoms with Crippen molar-refractivity contribution in [3.05, 3.63) is 52.0 Å². The number of hydrogen-bond donors (Lipinski definition) is 2. The molecule has 0 aliphatic carbocycles. The minimum absolute atomic E-state index is 0.641. The van der Waals surface area contributed by atoms with Crippen LogP contribution in [0.1, 0.15) is 28.8 Å². The fraction of sp³-hybridized carbons (Fsp3) is 0.524. The summed E-state index contributed by atoms with van der Waals surface area (Å²) >= 11 is 1.71. The maximum absolute atomic E-state index is 4.68. The summed E-state index contributed by atoms with van der Waals surface area (Å²) in [6.45, 7) is 10.2.